The molecule has 1 N–H and O–H groups in total. The maximum absolute atomic E-state index is 13.4. The van der Waals surface area contributed by atoms with Crippen molar-refractivity contribution < 1.29 is 22.0 Å². The van der Waals surface area contributed by atoms with Crippen molar-refractivity contribution in [3.63, 3.8) is 0 Å². The highest BCUT2D eigenvalue weighted by atomic mass is 79.9. The van der Waals surface area contributed by atoms with E-state index >= 15 is 0 Å². The fourth-order valence-corrected chi connectivity index (χ4v) is 3.09. The fourth-order valence-electron chi connectivity index (χ4n) is 1.11. The van der Waals surface area contributed by atoms with E-state index in [4.69, 9.17) is 4.84 Å². The Hall–Kier alpha value is -0.570. The summed E-state index contributed by atoms with van der Waals surface area (Å²) in [6.07, 6.45) is 0. The number of sulfonamides is 1. The Bertz CT molecular complexity index is 511. The molecule has 0 aliphatic carbocycles. The van der Waals surface area contributed by atoms with Gasteiger partial charge in [-0.25, -0.2) is 17.2 Å². The molecule has 0 bridgehead atoms. The molecule has 0 atom stereocenters. The lowest BCUT2D eigenvalue weighted by molar-refractivity contribution is 0.0717. The molecule has 1 aromatic carbocycles. The second-order valence-corrected chi connectivity index (χ2v) is 6.43. The first-order valence-electron chi connectivity index (χ1n) is 5.02. The van der Waals surface area contributed by atoms with Crippen LogP contribution in [0, 0.1) is 17.6 Å². The van der Waals surface area contributed by atoms with Crippen LogP contribution in [-0.2, 0) is 14.9 Å². The van der Waals surface area contributed by atoms with Crippen molar-refractivity contribution in [2.24, 2.45) is 5.92 Å². The van der Waals surface area contributed by atoms with Crippen molar-refractivity contribution in [2.75, 3.05) is 6.61 Å². The van der Waals surface area contributed by atoms with Crippen molar-refractivity contribution >= 4 is 26.0 Å². The molecule has 1 aromatic rings. The predicted molar refractivity (Wildman–Crippen MR) is 65.2 cm³/mol. The minimum Gasteiger partial charge on any atom is -0.287 e. The molecule has 0 aliphatic rings. The van der Waals surface area contributed by atoms with Crippen LogP contribution < -0.4 is 4.89 Å². The second-order valence-electron chi connectivity index (χ2n) is 3.99. The van der Waals surface area contributed by atoms with Crippen LogP contribution in [0.3, 0.4) is 0 Å². The van der Waals surface area contributed by atoms with E-state index in [9.17, 15) is 17.2 Å². The van der Waals surface area contributed by atoms with E-state index in [1.165, 1.54) is 0 Å². The first-order chi connectivity index (χ1) is 8.24. The quantitative estimate of drug-likeness (QED) is 0.836. The molecule has 0 radical (unpaired) electrons. The van der Waals surface area contributed by atoms with Crippen LogP contribution in [0.15, 0.2) is 21.5 Å². The Morgan fingerprint density at radius 2 is 2.00 bits per heavy atom. The number of hydrogen-bond acceptors (Lipinski definition) is 3. The molecule has 0 saturated heterocycles. The molecule has 4 nitrogen and oxygen atoms in total. The molecule has 1 rings (SSSR count). The molecule has 0 fully saturated rings. The largest absolute Gasteiger partial charge is 0.287 e. The van der Waals surface area contributed by atoms with Gasteiger partial charge in [-0.3, -0.25) is 4.84 Å². The molecule has 0 amide bonds. The molecule has 0 saturated carbocycles. The average molecular weight is 344 g/mol. The third-order valence-electron chi connectivity index (χ3n) is 1.82. The third kappa shape index (κ3) is 3.98. The van der Waals surface area contributed by atoms with Gasteiger partial charge in [0.15, 0.2) is 0 Å². The van der Waals surface area contributed by atoms with E-state index in [0.29, 0.717) is 6.07 Å². The van der Waals surface area contributed by atoms with Crippen molar-refractivity contribution in [3.05, 3.63) is 28.2 Å². The Balaban J connectivity index is 2.99. The minimum atomic E-state index is -4.19. The maximum atomic E-state index is 13.4. The molecule has 0 unspecified atom stereocenters. The number of benzene rings is 1. The molecule has 0 aromatic heterocycles. The van der Waals surface area contributed by atoms with E-state index in [1.807, 2.05) is 13.8 Å². The smallest absolute Gasteiger partial charge is 0.266 e. The lowest BCUT2D eigenvalue weighted by Gasteiger charge is -2.10. The summed E-state index contributed by atoms with van der Waals surface area (Å²) in [5.41, 5.74) is 0. The van der Waals surface area contributed by atoms with Crippen LogP contribution in [0.1, 0.15) is 13.8 Å². The molecular weight excluding hydrogens is 332 g/mol. The molecule has 102 valence electrons. The zero-order valence-electron chi connectivity index (χ0n) is 9.71. The van der Waals surface area contributed by atoms with E-state index in [-0.39, 0.29) is 17.0 Å². The SMILES string of the molecule is CC(C)CONS(=O)(=O)c1c(F)cc(F)cc1Br. The number of halogens is 3. The summed E-state index contributed by atoms with van der Waals surface area (Å²) in [6, 6.07) is 1.35. The van der Waals surface area contributed by atoms with E-state index in [2.05, 4.69) is 15.9 Å². The molecule has 0 spiro atoms. The van der Waals surface area contributed by atoms with Crippen LogP contribution in [-0.4, -0.2) is 15.0 Å². The van der Waals surface area contributed by atoms with Gasteiger partial charge in [0.1, 0.15) is 16.5 Å². The van der Waals surface area contributed by atoms with Gasteiger partial charge in [0.05, 0.1) is 6.61 Å². The van der Waals surface area contributed by atoms with Gasteiger partial charge in [0.2, 0.25) is 0 Å². The van der Waals surface area contributed by atoms with E-state index < -0.39 is 26.6 Å². The van der Waals surface area contributed by atoms with Gasteiger partial charge in [-0.2, -0.15) is 0 Å². The monoisotopic (exact) mass is 343 g/mol. The van der Waals surface area contributed by atoms with Crippen LogP contribution in [0.5, 0.6) is 0 Å². The Morgan fingerprint density at radius 3 is 2.50 bits per heavy atom. The van der Waals surface area contributed by atoms with Crippen molar-refractivity contribution in [2.45, 2.75) is 18.7 Å². The molecule has 8 heteroatoms. The summed E-state index contributed by atoms with van der Waals surface area (Å²) in [5, 5.41) is 0. The van der Waals surface area contributed by atoms with E-state index in [1.54, 1.807) is 4.89 Å². The van der Waals surface area contributed by atoms with Crippen molar-refractivity contribution in [3.8, 4) is 0 Å². The minimum absolute atomic E-state index is 0.106. The lowest BCUT2D eigenvalue weighted by atomic mass is 10.2. The maximum Gasteiger partial charge on any atom is 0.266 e. The van der Waals surface area contributed by atoms with Gasteiger partial charge in [0, 0.05) is 10.5 Å². The Kier molecular flexibility index (Phi) is 5.20. The standard InChI is InChI=1S/C10H12BrF2NO3S/c1-6(2)5-17-14-18(15,16)10-8(11)3-7(12)4-9(10)13/h3-4,6,14H,5H2,1-2H3. The highest BCUT2D eigenvalue weighted by molar-refractivity contribution is 9.10. The summed E-state index contributed by atoms with van der Waals surface area (Å²) in [4.78, 5) is 5.84. The van der Waals surface area contributed by atoms with Crippen LogP contribution in [0.4, 0.5) is 8.78 Å². The highest BCUT2D eigenvalue weighted by Crippen LogP contribution is 2.26. The Morgan fingerprint density at radius 1 is 1.39 bits per heavy atom. The number of hydrogen-bond donors (Lipinski definition) is 1. The fraction of sp³-hybridized carbons (Fsp3) is 0.400. The summed E-state index contributed by atoms with van der Waals surface area (Å²) in [7, 11) is -4.19. The molecular formula is C10H12BrF2NO3S. The van der Waals surface area contributed by atoms with E-state index in [0.717, 1.165) is 6.07 Å². The van der Waals surface area contributed by atoms with Crippen LogP contribution in [0.2, 0.25) is 0 Å². The summed E-state index contributed by atoms with van der Waals surface area (Å²) in [5.74, 6) is -1.96. The Labute approximate surface area is 112 Å². The van der Waals surface area contributed by atoms with Crippen molar-refractivity contribution in [1.29, 1.82) is 0 Å². The lowest BCUT2D eigenvalue weighted by Crippen LogP contribution is -2.27. The summed E-state index contributed by atoms with van der Waals surface area (Å²) >= 11 is 2.80. The van der Waals surface area contributed by atoms with Crippen molar-refractivity contribution in [1.82, 2.24) is 4.89 Å². The number of nitrogens with one attached hydrogen (secondary N) is 1. The van der Waals surface area contributed by atoms with Gasteiger partial charge >= 0.3 is 0 Å². The first-order valence-corrected chi connectivity index (χ1v) is 7.30. The van der Waals surface area contributed by atoms with Crippen LogP contribution in [0.25, 0.3) is 0 Å². The van der Waals surface area contributed by atoms with Gasteiger partial charge in [-0.1, -0.05) is 18.7 Å². The predicted octanol–water partition coefficient (Wildman–Crippen LogP) is 2.59. The van der Waals surface area contributed by atoms with Gasteiger partial charge in [-0.05, 0) is 27.9 Å². The van der Waals surface area contributed by atoms with Crippen LogP contribution >= 0.6 is 15.9 Å². The summed E-state index contributed by atoms with van der Waals surface area (Å²) in [6.45, 7) is 3.78. The normalized spacial score (nSPS) is 12.1. The van der Waals surface area contributed by atoms with Gasteiger partial charge in [-0.15, -0.1) is 0 Å². The van der Waals surface area contributed by atoms with Gasteiger partial charge in [0.25, 0.3) is 10.0 Å². The molecule has 0 aliphatic heterocycles. The topological polar surface area (TPSA) is 55.4 Å². The summed E-state index contributed by atoms with van der Waals surface area (Å²) < 4.78 is 49.6. The molecule has 18 heavy (non-hydrogen) atoms. The highest BCUT2D eigenvalue weighted by Gasteiger charge is 2.24. The molecule has 0 heterocycles. The van der Waals surface area contributed by atoms with Gasteiger partial charge < -0.3 is 0 Å². The zero-order valence-corrected chi connectivity index (χ0v) is 12.1. The second kappa shape index (κ2) is 6.05. The third-order valence-corrected chi connectivity index (χ3v) is 3.99. The zero-order chi connectivity index (χ0) is 13.9. The first kappa shape index (κ1) is 15.5. The average Bonchev–Trinajstić information content (AvgIpc) is 2.13. The number of rotatable bonds is 5.